The van der Waals surface area contributed by atoms with Crippen LogP contribution >= 0.6 is 0 Å². The molecule has 1 aromatic carbocycles. The Balaban J connectivity index is 1.57. The number of carbonyl (C=O) groups is 1. The first-order valence-corrected chi connectivity index (χ1v) is 12.0. The number of ether oxygens (including phenoxy) is 1. The third-order valence-corrected chi connectivity index (χ3v) is 7.71. The quantitative estimate of drug-likeness (QED) is 0.360. The lowest BCUT2D eigenvalue weighted by Crippen LogP contribution is -2.44. The molecule has 1 aliphatic carbocycles. The molecule has 2 fully saturated rings. The van der Waals surface area contributed by atoms with Gasteiger partial charge in [-0.2, -0.15) is 0 Å². The minimum absolute atomic E-state index is 0.0631. The second kappa shape index (κ2) is 10.1. The standard InChI is InChI=1S/C25H35FN4O3/c1-16(2)17-3-6-19(7-4-17)29-11-9-20(10-12-29)30-23-8-5-18(26)13-21(23)22(14-28-32)24(30)15-33-25(27)31/h5,8,13-14,16-17,19-20,32H,3-4,6-7,9-12,15H2,1-2H3,(H2,27,31)/t17-,19+. The molecule has 180 valence electrons. The summed E-state index contributed by atoms with van der Waals surface area (Å²) in [5.41, 5.74) is 7.27. The zero-order valence-corrected chi connectivity index (χ0v) is 19.5. The molecule has 33 heavy (non-hydrogen) atoms. The van der Waals surface area contributed by atoms with Crippen LogP contribution in [-0.2, 0) is 11.3 Å². The summed E-state index contributed by atoms with van der Waals surface area (Å²) in [7, 11) is 0. The summed E-state index contributed by atoms with van der Waals surface area (Å²) >= 11 is 0. The van der Waals surface area contributed by atoms with Crippen LogP contribution in [0.5, 0.6) is 0 Å². The predicted molar refractivity (Wildman–Crippen MR) is 126 cm³/mol. The Morgan fingerprint density at radius 3 is 2.52 bits per heavy atom. The molecular weight excluding hydrogens is 423 g/mol. The van der Waals surface area contributed by atoms with E-state index in [2.05, 4.69) is 28.5 Å². The Hall–Kier alpha value is -2.61. The van der Waals surface area contributed by atoms with E-state index in [-0.39, 0.29) is 18.5 Å². The molecule has 2 aromatic rings. The summed E-state index contributed by atoms with van der Waals surface area (Å²) in [4.78, 5) is 14.0. The molecule has 2 heterocycles. The third-order valence-electron chi connectivity index (χ3n) is 7.71. The van der Waals surface area contributed by atoms with E-state index in [0.29, 0.717) is 22.7 Å². The van der Waals surface area contributed by atoms with E-state index in [1.165, 1.54) is 44.0 Å². The number of rotatable bonds is 6. The van der Waals surface area contributed by atoms with Crippen molar-refractivity contribution in [1.82, 2.24) is 9.47 Å². The first-order chi connectivity index (χ1) is 15.9. The lowest BCUT2D eigenvalue weighted by Gasteiger charge is -2.42. The van der Waals surface area contributed by atoms with Gasteiger partial charge in [0.25, 0.3) is 0 Å². The molecule has 1 amide bonds. The molecule has 0 unspecified atom stereocenters. The number of piperidine rings is 1. The molecule has 0 atom stereocenters. The predicted octanol–water partition coefficient (Wildman–Crippen LogP) is 5.04. The molecule has 8 heteroatoms. The summed E-state index contributed by atoms with van der Waals surface area (Å²) in [6.07, 6.45) is 7.47. The van der Waals surface area contributed by atoms with E-state index in [9.17, 15) is 14.4 Å². The molecule has 2 aliphatic rings. The highest BCUT2D eigenvalue weighted by Crippen LogP contribution is 2.37. The summed E-state index contributed by atoms with van der Waals surface area (Å²) in [6.45, 7) is 6.61. The number of fused-ring (bicyclic) bond motifs is 1. The number of hydrogen-bond donors (Lipinski definition) is 2. The minimum Gasteiger partial charge on any atom is -0.443 e. The number of halogens is 1. The van der Waals surface area contributed by atoms with E-state index in [1.54, 1.807) is 6.07 Å². The van der Waals surface area contributed by atoms with Crippen molar-refractivity contribution in [3.05, 3.63) is 35.3 Å². The van der Waals surface area contributed by atoms with Crippen molar-refractivity contribution in [3.8, 4) is 0 Å². The number of oxime groups is 1. The third kappa shape index (κ3) is 5.00. The lowest BCUT2D eigenvalue weighted by molar-refractivity contribution is 0.0876. The molecule has 0 spiro atoms. The fraction of sp³-hybridized carbons (Fsp3) is 0.600. The van der Waals surface area contributed by atoms with Gasteiger partial charge < -0.3 is 25.1 Å². The van der Waals surface area contributed by atoms with Gasteiger partial charge in [0.2, 0.25) is 0 Å². The number of likely N-dealkylation sites (tertiary alicyclic amines) is 1. The van der Waals surface area contributed by atoms with E-state index < -0.39 is 6.09 Å². The lowest BCUT2D eigenvalue weighted by atomic mass is 9.79. The van der Waals surface area contributed by atoms with E-state index >= 15 is 0 Å². The van der Waals surface area contributed by atoms with E-state index in [4.69, 9.17) is 10.5 Å². The van der Waals surface area contributed by atoms with Gasteiger partial charge in [0.05, 0.1) is 11.9 Å². The number of nitrogens with zero attached hydrogens (tertiary/aromatic N) is 3. The molecule has 4 rings (SSSR count). The van der Waals surface area contributed by atoms with Crippen molar-refractivity contribution >= 4 is 23.2 Å². The fourth-order valence-corrected chi connectivity index (χ4v) is 5.91. The Labute approximate surface area is 194 Å². The Morgan fingerprint density at radius 2 is 1.91 bits per heavy atom. The van der Waals surface area contributed by atoms with Gasteiger partial charge in [-0.1, -0.05) is 19.0 Å². The molecule has 0 bridgehead atoms. The molecule has 0 radical (unpaired) electrons. The maximum atomic E-state index is 14.1. The van der Waals surface area contributed by atoms with Crippen LogP contribution in [-0.4, -0.2) is 46.1 Å². The van der Waals surface area contributed by atoms with Crippen LogP contribution in [0.4, 0.5) is 9.18 Å². The normalized spacial score (nSPS) is 23.0. The maximum absolute atomic E-state index is 14.1. The monoisotopic (exact) mass is 458 g/mol. The topological polar surface area (TPSA) is 93.1 Å². The second-order valence-electron chi connectivity index (χ2n) is 9.82. The van der Waals surface area contributed by atoms with Gasteiger partial charge in [-0.25, -0.2) is 9.18 Å². The largest absolute Gasteiger partial charge is 0.443 e. The average molecular weight is 459 g/mol. The van der Waals surface area contributed by atoms with Crippen molar-refractivity contribution in [3.63, 3.8) is 0 Å². The molecule has 1 saturated heterocycles. The SMILES string of the molecule is CC(C)[C@H]1CC[C@@H](N2CCC(n3c(COC(N)=O)c(C=NO)c4cc(F)ccc43)CC2)CC1. The van der Waals surface area contributed by atoms with Crippen molar-refractivity contribution in [2.24, 2.45) is 22.7 Å². The van der Waals surface area contributed by atoms with Gasteiger partial charge >= 0.3 is 6.09 Å². The van der Waals surface area contributed by atoms with Crippen molar-refractivity contribution in [2.45, 2.75) is 71.1 Å². The first kappa shape index (κ1) is 23.5. The summed E-state index contributed by atoms with van der Waals surface area (Å²) in [5.74, 6) is 1.24. The number of carbonyl (C=O) groups excluding carboxylic acids is 1. The van der Waals surface area contributed by atoms with Gasteiger partial charge in [-0.3, -0.25) is 0 Å². The molecular formula is C25H35FN4O3. The number of nitrogens with two attached hydrogens (primary N) is 1. The second-order valence-corrected chi connectivity index (χ2v) is 9.82. The first-order valence-electron chi connectivity index (χ1n) is 12.0. The zero-order chi connectivity index (χ0) is 23.5. The highest BCUT2D eigenvalue weighted by molar-refractivity contribution is 6.01. The molecule has 3 N–H and O–H groups in total. The summed E-state index contributed by atoms with van der Waals surface area (Å²) in [6, 6.07) is 5.44. The van der Waals surface area contributed by atoms with E-state index in [0.717, 1.165) is 43.3 Å². The van der Waals surface area contributed by atoms with Crippen molar-refractivity contribution in [2.75, 3.05) is 13.1 Å². The van der Waals surface area contributed by atoms with Gasteiger partial charge in [0.1, 0.15) is 12.4 Å². The molecule has 1 saturated carbocycles. The Bertz CT molecular complexity index is 1000. The molecule has 1 aromatic heterocycles. The van der Waals surface area contributed by atoms with Crippen LogP contribution in [0.25, 0.3) is 10.9 Å². The average Bonchev–Trinajstić information content (AvgIpc) is 3.10. The molecule has 1 aliphatic heterocycles. The van der Waals surface area contributed by atoms with Crippen molar-refractivity contribution < 1.29 is 19.1 Å². The number of hydrogen-bond acceptors (Lipinski definition) is 5. The van der Waals surface area contributed by atoms with Crippen LogP contribution < -0.4 is 5.73 Å². The van der Waals surface area contributed by atoms with Crippen LogP contribution in [0.3, 0.4) is 0 Å². The Morgan fingerprint density at radius 1 is 1.21 bits per heavy atom. The number of benzene rings is 1. The fourth-order valence-electron chi connectivity index (χ4n) is 5.91. The number of amides is 1. The zero-order valence-electron chi connectivity index (χ0n) is 19.5. The van der Waals surface area contributed by atoms with Gasteiger partial charge in [-0.15, -0.1) is 0 Å². The molecule has 7 nitrogen and oxygen atoms in total. The number of primary amides is 1. The van der Waals surface area contributed by atoms with Gasteiger partial charge in [-0.05, 0) is 68.6 Å². The van der Waals surface area contributed by atoms with Crippen LogP contribution in [0, 0.1) is 17.7 Å². The highest BCUT2D eigenvalue weighted by Gasteiger charge is 2.32. The van der Waals surface area contributed by atoms with Crippen molar-refractivity contribution in [1.29, 1.82) is 0 Å². The number of aromatic nitrogens is 1. The summed E-state index contributed by atoms with van der Waals surface area (Å²) < 4.78 is 21.3. The van der Waals surface area contributed by atoms with Gasteiger partial charge in [0, 0.05) is 41.6 Å². The Kier molecular flexibility index (Phi) is 7.22. The minimum atomic E-state index is -0.878. The highest BCUT2D eigenvalue weighted by atomic mass is 19.1. The van der Waals surface area contributed by atoms with Crippen LogP contribution in [0.1, 0.15) is 69.7 Å². The van der Waals surface area contributed by atoms with Crippen LogP contribution in [0.15, 0.2) is 23.4 Å². The van der Waals surface area contributed by atoms with E-state index in [1.807, 2.05) is 0 Å². The smallest absolute Gasteiger partial charge is 0.404 e. The van der Waals surface area contributed by atoms with Gasteiger partial charge in [0.15, 0.2) is 0 Å². The van der Waals surface area contributed by atoms with Crippen LogP contribution in [0.2, 0.25) is 0 Å². The maximum Gasteiger partial charge on any atom is 0.404 e. The summed E-state index contributed by atoms with van der Waals surface area (Å²) in [5, 5.41) is 13.0.